The molecule has 0 unspecified atom stereocenters. The summed E-state index contributed by atoms with van der Waals surface area (Å²) in [5.41, 5.74) is 7.15. The Labute approximate surface area is 97.4 Å². The molecule has 16 heavy (non-hydrogen) atoms. The second-order valence-corrected chi connectivity index (χ2v) is 3.67. The maximum absolute atomic E-state index is 11.6. The number of rotatable bonds is 1. The molecular weight excluding hydrogens is 222 g/mol. The number of hydrogen-bond acceptors (Lipinski definition) is 3. The monoisotopic (exact) mass is 229 g/mol. The fourth-order valence-electron chi connectivity index (χ4n) is 1.58. The van der Waals surface area contributed by atoms with E-state index in [1.54, 1.807) is 24.3 Å². The Kier molecular flexibility index (Phi) is 2.43. The van der Waals surface area contributed by atoms with E-state index in [-0.39, 0.29) is 16.5 Å². The first-order valence-electron chi connectivity index (χ1n) is 4.50. The number of fused-ring (bicyclic) bond motifs is 1. The molecule has 1 aliphatic rings. The Balaban J connectivity index is 2.70. The summed E-state index contributed by atoms with van der Waals surface area (Å²) in [6.07, 6.45) is 0. The highest BCUT2D eigenvalue weighted by Gasteiger charge is 2.26. The third-order valence-electron chi connectivity index (χ3n) is 2.29. The molecule has 1 aromatic carbocycles. The fourth-order valence-corrected chi connectivity index (χ4v) is 1.73. The Morgan fingerprint density at radius 3 is 2.56 bits per heavy atom. The van der Waals surface area contributed by atoms with Crippen molar-refractivity contribution < 1.29 is 4.79 Å². The number of nitrogens with two attached hydrogens (primary N) is 1. The molecule has 78 valence electrons. The van der Waals surface area contributed by atoms with Crippen molar-refractivity contribution in [3.63, 3.8) is 0 Å². The first-order chi connectivity index (χ1) is 7.65. The first-order valence-corrected chi connectivity index (χ1v) is 4.91. The van der Waals surface area contributed by atoms with Crippen LogP contribution in [0, 0.1) is 11.3 Å². The fraction of sp³-hybridized carbons (Fsp3) is 0. The zero-order valence-corrected chi connectivity index (χ0v) is 8.97. The van der Waals surface area contributed by atoms with Gasteiger partial charge >= 0.3 is 0 Å². The lowest BCUT2D eigenvalue weighted by molar-refractivity contribution is 0.0981. The largest absolute Gasteiger partial charge is 0.389 e. The summed E-state index contributed by atoms with van der Waals surface area (Å²) in [6.45, 7) is 0. The summed E-state index contributed by atoms with van der Waals surface area (Å²) in [6, 6.07) is 8.88. The van der Waals surface area contributed by atoms with Gasteiger partial charge in [0.2, 0.25) is 0 Å². The maximum Gasteiger partial charge on any atom is 0.256 e. The summed E-state index contributed by atoms with van der Waals surface area (Å²) < 4.78 is 0. The van der Waals surface area contributed by atoms with Crippen molar-refractivity contribution in [3.05, 3.63) is 41.0 Å². The van der Waals surface area contributed by atoms with Crippen LogP contribution in [0.5, 0.6) is 0 Å². The highest BCUT2D eigenvalue weighted by atomic mass is 32.1. The SMILES string of the molecule is N#CC(C(N)=S)=C1NC(=O)c2ccccc21. The quantitative estimate of drug-likeness (QED) is 0.427. The normalized spacial score (nSPS) is 16.1. The number of carbonyl (C=O) groups is 1. The molecule has 4 nitrogen and oxygen atoms in total. The van der Waals surface area contributed by atoms with Crippen LogP contribution in [0.15, 0.2) is 29.8 Å². The van der Waals surface area contributed by atoms with E-state index >= 15 is 0 Å². The summed E-state index contributed by atoms with van der Waals surface area (Å²) in [5.74, 6) is -0.241. The number of benzene rings is 1. The molecule has 1 amide bonds. The zero-order chi connectivity index (χ0) is 11.7. The molecular formula is C11H7N3OS. The summed E-state index contributed by atoms with van der Waals surface area (Å²) in [5, 5.41) is 11.5. The third-order valence-corrected chi connectivity index (χ3v) is 2.49. The van der Waals surface area contributed by atoms with Gasteiger partial charge in [-0.15, -0.1) is 0 Å². The number of carbonyl (C=O) groups excluding carboxylic acids is 1. The number of hydrogen-bond donors (Lipinski definition) is 2. The van der Waals surface area contributed by atoms with E-state index in [0.717, 1.165) is 0 Å². The number of thiocarbonyl (C=S) groups is 1. The Morgan fingerprint density at radius 1 is 1.38 bits per heavy atom. The molecule has 1 heterocycles. The predicted octanol–water partition coefficient (Wildman–Crippen LogP) is 0.951. The summed E-state index contributed by atoms with van der Waals surface area (Å²) in [4.78, 5) is 11.6. The van der Waals surface area contributed by atoms with Gasteiger partial charge in [0.25, 0.3) is 5.91 Å². The van der Waals surface area contributed by atoms with Crippen LogP contribution in [0.25, 0.3) is 5.70 Å². The van der Waals surface area contributed by atoms with Gasteiger partial charge in [-0.3, -0.25) is 4.79 Å². The maximum atomic E-state index is 11.6. The highest BCUT2D eigenvalue weighted by Crippen LogP contribution is 2.26. The molecule has 0 spiro atoms. The third kappa shape index (κ3) is 1.45. The Morgan fingerprint density at radius 2 is 2.00 bits per heavy atom. The zero-order valence-electron chi connectivity index (χ0n) is 8.15. The predicted molar refractivity (Wildman–Crippen MR) is 63.2 cm³/mol. The van der Waals surface area contributed by atoms with Crippen molar-refractivity contribution in [2.24, 2.45) is 5.73 Å². The topological polar surface area (TPSA) is 78.9 Å². The van der Waals surface area contributed by atoms with Gasteiger partial charge in [-0.25, -0.2) is 0 Å². The molecule has 0 aromatic heterocycles. The lowest BCUT2D eigenvalue weighted by Gasteiger charge is -2.02. The van der Waals surface area contributed by atoms with Crippen LogP contribution < -0.4 is 11.1 Å². The van der Waals surface area contributed by atoms with Gasteiger partial charge in [0.1, 0.15) is 16.6 Å². The average Bonchev–Trinajstić information content (AvgIpc) is 2.58. The van der Waals surface area contributed by atoms with E-state index in [9.17, 15) is 4.79 Å². The number of nitrogens with one attached hydrogen (secondary N) is 1. The van der Waals surface area contributed by atoms with Crippen LogP contribution in [0.3, 0.4) is 0 Å². The van der Waals surface area contributed by atoms with E-state index < -0.39 is 0 Å². The second-order valence-electron chi connectivity index (χ2n) is 3.23. The van der Waals surface area contributed by atoms with E-state index in [0.29, 0.717) is 16.8 Å². The molecule has 5 heteroatoms. The number of nitriles is 1. The van der Waals surface area contributed by atoms with Crippen LogP contribution in [-0.4, -0.2) is 10.9 Å². The molecule has 0 aliphatic carbocycles. The van der Waals surface area contributed by atoms with E-state index in [1.807, 2.05) is 6.07 Å². The summed E-state index contributed by atoms with van der Waals surface area (Å²) >= 11 is 4.77. The van der Waals surface area contributed by atoms with Crippen LogP contribution in [-0.2, 0) is 0 Å². The minimum Gasteiger partial charge on any atom is -0.389 e. The van der Waals surface area contributed by atoms with Crippen LogP contribution in [0.1, 0.15) is 15.9 Å². The lowest BCUT2D eigenvalue weighted by atomic mass is 10.1. The molecule has 1 aliphatic heterocycles. The van der Waals surface area contributed by atoms with Gasteiger partial charge in [0, 0.05) is 11.1 Å². The van der Waals surface area contributed by atoms with Crippen molar-refractivity contribution >= 4 is 28.8 Å². The van der Waals surface area contributed by atoms with Crippen molar-refractivity contribution in [2.75, 3.05) is 0 Å². The van der Waals surface area contributed by atoms with Crippen molar-refractivity contribution in [1.29, 1.82) is 5.26 Å². The number of amides is 1. The minimum absolute atomic E-state index is 0.0190. The molecule has 0 radical (unpaired) electrons. The highest BCUT2D eigenvalue weighted by molar-refractivity contribution is 7.80. The van der Waals surface area contributed by atoms with Crippen molar-refractivity contribution in [3.8, 4) is 6.07 Å². The van der Waals surface area contributed by atoms with Gasteiger partial charge in [-0.2, -0.15) is 5.26 Å². The second kappa shape index (κ2) is 3.76. The molecule has 1 aromatic rings. The lowest BCUT2D eigenvalue weighted by Crippen LogP contribution is -2.18. The molecule has 0 saturated carbocycles. The van der Waals surface area contributed by atoms with Crippen molar-refractivity contribution in [1.82, 2.24) is 5.32 Å². The molecule has 0 saturated heterocycles. The first kappa shape index (κ1) is 10.3. The molecule has 0 fully saturated rings. The van der Waals surface area contributed by atoms with Gasteiger partial charge < -0.3 is 11.1 Å². The molecule has 2 rings (SSSR count). The molecule has 0 atom stereocenters. The molecule has 0 bridgehead atoms. The van der Waals surface area contributed by atoms with E-state index in [2.05, 4.69) is 5.32 Å². The van der Waals surface area contributed by atoms with E-state index in [1.165, 1.54) is 0 Å². The number of nitrogens with zero attached hydrogens (tertiary/aromatic N) is 1. The van der Waals surface area contributed by atoms with Gasteiger partial charge in [0.15, 0.2) is 0 Å². The van der Waals surface area contributed by atoms with Crippen LogP contribution >= 0.6 is 12.2 Å². The Bertz CT molecular complexity index is 569. The van der Waals surface area contributed by atoms with E-state index in [4.69, 9.17) is 23.2 Å². The van der Waals surface area contributed by atoms with Gasteiger partial charge in [-0.05, 0) is 6.07 Å². The van der Waals surface area contributed by atoms with Gasteiger partial charge in [-0.1, -0.05) is 30.4 Å². The van der Waals surface area contributed by atoms with Crippen LogP contribution in [0.2, 0.25) is 0 Å². The standard InChI is InChI=1S/C11H7N3OS/c12-5-8(10(13)16)9-6-3-1-2-4-7(6)11(15)14-9/h1-4H,(H2,13,16)(H,14,15). The molecule has 3 N–H and O–H groups in total. The van der Waals surface area contributed by atoms with Crippen molar-refractivity contribution in [2.45, 2.75) is 0 Å². The summed E-state index contributed by atoms with van der Waals surface area (Å²) in [7, 11) is 0. The van der Waals surface area contributed by atoms with Gasteiger partial charge in [0.05, 0.1) is 5.70 Å². The smallest absolute Gasteiger partial charge is 0.256 e. The minimum atomic E-state index is -0.241. The Hall–Kier alpha value is -2.19. The van der Waals surface area contributed by atoms with Crippen LogP contribution in [0.4, 0.5) is 0 Å². The average molecular weight is 229 g/mol.